The lowest BCUT2D eigenvalue weighted by atomic mass is 10.2. The molecule has 1 aromatic carbocycles. The lowest BCUT2D eigenvalue weighted by Crippen LogP contribution is -2.27. The first-order valence-corrected chi connectivity index (χ1v) is 6.28. The zero-order chi connectivity index (χ0) is 13.4. The van der Waals surface area contributed by atoms with Gasteiger partial charge >= 0.3 is 0 Å². The fourth-order valence-electron chi connectivity index (χ4n) is 2.14. The first-order valence-electron chi connectivity index (χ1n) is 5.90. The van der Waals surface area contributed by atoms with Crippen LogP contribution < -0.4 is 4.74 Å². The summed E-state index contributed by atoms with van der Waals surface area (Å²) in [7, 11) is 1.54. The quantitative estimate of drug-likeness (QED) is 0.792. The van der Waals surface area contributed by atoms with Crippen molar-refractivity contribution < 1.29 is 13.9 Å². The Balaban J connectivity index is 2.03. The number of carbonyl (C=O) groups excluding carboxylic acids is 1. The molecule has 2 aromatic rings. The second-order valence-electron chi connectivity index (χ2n) is 4.32. The van der Waals surface area contributed by atoms with Crippen LogP contribution in [0.25, 0.3) is 11.0 Å². The number of amides is 1. The van der Waals surface area contributed by atoms with Crippen LogP contribution in [-0.4, -0.2) is 31.0 Å². The number of carbonyl (C=O) groups is 1. The maximum atomic E-state index is 12.2. The molecule has 1 aliphatic heterocycles. The van der Waals surface area contributed by atoms with E-state index in [4.69, 9.17) is 20.8 Å². The zero-order valence-corrected chi connectivity index (χ0v) is 11.1. The molecule has 5 heteroatoms. The highest BCUT2D eigenvalue weighted by atomic mass is 35.5. The van der Waals surface area contributed by atoms with Crippen molar-refractivity contribution in [1.29, 1.82) is 0 Å². The summed E-state index contributed by atoms with van der Waals surface area (Å²) < 4.78 is 10.8. The number of fused-ring (bicyclic) bond motifs is 1. The van der Waals surface area contributed by atoms with Gasteiger partial charge in [0.1, 0.15) is 0 Å². The molecule has 4 nitrogen and oxygen atoms in total. The lowest BCUT2D eigenvalue weighted by Gasteiger charge is -2.12. The van der Waals surface area contributed by atoms with Crippen molar-refractivity contribution in [2.45, 2.75) is 0 Å². The molecule has 0 aliphatic carbocycles. The van der Waals surface area contributed by atoms with Crippen LogP contribution in [0.3, 0.4) is 0 Å². The van der Waals surface area contributed by atoms with E-state index in [2.05, 4.69) is 0 Å². The van der Waals surface area contributed by atoms with Gasteiger partial charge in [-0.1, -0.05) is 23.8 Å². The van der Waals surface area contributed by atoms with Gasteiger partial charge in [0.2, 0.25) is 0 Å². The molecule has 0 N–H and O–H groups in total. The summed E-state index contributed by atoms with van der Waals surface area (Å²) in [5.41, 5.74) is 0.544. The van der Waals surface area contributed by atoms with Crippen molar-refractivity contribution >= 4 is 28.5 Å². The summed E-state index contributed by atoms with van der Waals surface area (Å²) in [6.07, 6.45) is 3.91. The molecule has 0 fully saturated rings. The molecular weight excluding hydrogens is 266 g/mol. The molecule has 0 bridgehead atoms. The number of benzene rings is 1. The molecule has 1 amide bonds. The number of methoxy groups -OCH3 is 1. The van der Waals surface area contributed by atoms with E-state index in [-0.39, 0.29) is 5.91 Å². The highest BCUT2D eigenvalue weighted by Gasteiger charge is 2.21. The number of nitrogens with zero attached hydrogens (tertiary/aromatic N) is 1. The fourth-order valence-corrected chi connectivity index (χ4v) is 2.36. The molecule has 98 valence electrons. The Hall–Kier alpha value is -1.94. The van der Waals surface area contributed by atoms with Crippen molar-refractivity contribution in [3.05, 3.63) is 41.1 Å². The minimum absolute atomic E-state index is 0.126. The van der Waals surface area contributed by atoms with Crippen molar-refractivity contribution in [3.8, 4) is 5.75 Å². The Morgan fingerprint density at radius 1 is 1.32 bits per heavy atom. The Morgan fingerprint density at radius 3 is 2.74 bits per heavy atom. The summed E-state index contributed by atoms with van der Waals surface area (Å²) in [6, 6.07) is 5.12. The number of ether oxygens (including phenoxy) is 1. The molecule has 3 rings (SSSR count). The molecule has 1 aliphatic rings. The van der Waals surface area contributed by atoms with Crippen molar-refractivity contribution in [2.24, 2.45) is 0 Å². The van der Waals surface area contributed by atoms with Crippen LogP contribution in [0.5, 0.6) is 5.75 Å². The molecule has 0 spiro atoms. The molecular formula is C14H12ClNO3. The van der Waals surface area contributed by atoms with Gasteiger partial charge in [0.05, 0.1) is 7.11 Å². The minimum atomic E-state index is -0.126. The molecule has 2 heterocycles. The summed E-state index contributed by atoms with van der Waals surface area (Å²) in [4.78, 5) is 13.9. The minimum Gasteiger partial charge on any atom is -0.493 e. The number of rotatable bonds is 2. The first-order chi connectivity index (χ1) is 9.19. The van der Waals surface area contributed by atoms with Crippen LogP contribution in [0.2, 0.25) is 5.02 Å². The highest BCUT2D eigenvalue weighted by Crippen LogP contribution is 2.32. The van der Waals surface area contributed by atoms with E-state index < -0.39 is 0 Å². The molecule has 1 aromatic heterocycles. The summed E-state index contributed by atoms with van der Waals surface area (Å²) in [5, 5.41) is 1.31. The summed E-state index contributed by atoms with van der Waals surface area (Å²) in [5.74, 6) is 0.708. The topological polar surface area (TPSA) is 42.7 Å². The third-order valence-corrected chi connectivity index (χ3v) is 3.30. The standard InChI is InChI=1S/C14H12ClNO3/c1-18-11-8-10(15)6-9-7-12(19-13(9)11)14(17)16-4-2-3-5-16/h2-3,6-8H,4-5H2,1H3. The maximum Gasteiger partial charge on any atom is 0.290 e. The van der Waals surface area contributed by atoms with Gasteiger partial charge in [0.15, 0.2) is 17.1 Å². The predicted molar refractivity (Wildman–Crippen MR) is 72.8 cm³/mol. The van der Waals surface area contributed by atoms with E-state index >= 15 is 0 Å². The van der Waals surface area contributed by atoms with Gasteiger partial charge in [0.25, 0.3) is 5.91 Å². The third kappa shape index (κ3) is 2.08. The van der Waals surface area contributed by atoms with Gasteiger partial charge in [-0.05, 0) is 12.1 Å². The first kappa shape index (κ1) is 12.1. The number of hydrogen-bond acceptors (Lipinski definition) is 3. The average molecular weight is 278 g/mol. The van der Waals surface area contributed by atoms with Gasteiger partial charge in [-0.15, -0.1) is 0 Å². The molecule has 0 radical (unpaired) electrons. The SMILES string of the molecule is COc1cc(Cl)cc2cc(C(=O)N3CC=CC3)oc12. The van der Waals surface area contributed by atoms with E-state index in [9.17, 15) is 4.79 Å². The smallest absolute Gasteiger partial charge is 0.290 e. The molecule has 0 saturated heterocycles. The largest absolute Gasteiger partial charge is 0.493 e. The van der Waals surface area contributed by atoms with Gasteiger partial charge in [0, 0.05) is 29.6 Å². The Labute approximate surface area is 115 Å². The number of furan rings is 1. The number of hydrogen-bond donors (Lipinski definition) is 0. The monoisotopic (exact) mass is 277 g/mol. The van der Waals surface area contributed by atoms with Crippen LogP contribution in [0.15, 0.2) is 34.8 Å². The second-order valence-corrected chi connectivity index (χ2v) is 4.76. The molecule has 0 atom stereocenters. The molecule has 0 saturated carbocycles. The van der Waals surface area contributed by atoms with Gasteiger partial charge in [-0.25, -0.2) is 0 Å². The lowest BCUT2D eigenvalue weighted by molar-refractivity contribution is 0.0771. The van der Waals surface area contributed by atoms with Crippen LogP contribution in [0, 0.1) is 0 Å². The van der Waals surface area contributed by atoms with E-state index in [0.29, 0.717) is 35.2 Å². The Bertz CT molecular complexity index is 667. The Morgan fingerprint density at radius 2 is 2.05 bits per heavy atom. The summed E-state index contributed by atoms with van der Waals surface area (Å²) >= 11 is 5.99. The molecule has 19 heavy (non-hydrogen) atoms. The van der Waals surface area contributed by atoms with Crippen LogP contribution in [0.1, 0.15) is 10.6 Å². The van der Waals surface area contributed by atoms with E-state index in [0.717, 1.165) is 5.39 Å². The average Bonchev–Trinajstić information content (AvgIpc) is 3.05. The van der Waals surface area contributed by atoms with E-state index in [1.165, 1.54) is 0 Å². The van der Waals surface area contributed by atoms with Gasteiger partial charge < -0.3 is 14.1 Å². The Kier molecular flexibility index (Phi) is 2.95. The maximum absolute atomic E-state index is 12.2. The van der Waals surface area contributed by atoms with Gasteiger partial charge in [-0.2, -0.15) is 0 Å². The fraction of sp³-hybridized carbons (Fsp3) is 0.214. The predicted octanol–water partition coefficient (Wildman–Crippen LogP) is 3.11. The van der Waals surface area contributed by atoms with E-state index in [1.807, 2.05) is 12.2 Å². The third-order valence-electron chi connectivity index (χ3n) is 3.08. The number of halogens is 1. The van der Waals surface area contributed by atoms with Crippen molar-refractivity contribution in [3.63, 3.8) is 0 Å². The zero-order valence-electron chi connectivity index (χ0n) is 10.4. The highest BCUT2D eigenvalue weighted by molar-refractivity contribution is 6.31. The van der Waals surface area contributed by atoms with E-state index in [1.54, 1.807) is 30.2 Å². The second kappa shape index (κ2) is 4.63. The van der Waals surface area contributed by atoms with Gasteiger partial charge in [-0.3, -0.25) is 4.79 Å². The van der Waals surface area contributed by atoms with Crippen LogP contribution in [-0.2, 0) is 0 Å². The van der Waals surface area contributed by atoms with Crippen molar-refractivity contribution in [2.75, 3.05) is 20.2 Å². The van der Waals surface area contributed by atoms with Crippen LogP contribution >= 0.6 is 11.6 Å². The normalized spacial score (nSPS) is 14.3. The molecule has 0 unspecified atom stereocenters. The van der Waals surface area contributed by atoms with Crippen LogP contribution in [0.4, 0.5) is 0 Å². The van der Waals surface area contributed by atoms with Crippen molar-refractivity contribution in [1.82, 2.24) is 4.90 Å². The summed E-state index contributed by atoms with van der Waals surface area (Å²) in [6.45, 7) is 1.24.